The second-order valence-electron chi connectivity index (χ2n) is 5.40. The Balaban J connectivity index is 2.39. The molecule has 0 spiro atoms. The molecule has 0 heterocycles. The minimum absolute atomic E-state index is 0.0329. The normalized spacial score (nSPS) is 11.7. The predicted octanol–water partition coefficient (Wildman–Crippen LogP) is 6.11. The van der Waals surface area contributed by atoms with E-state index in [0.717, 1.165) is 12.1 Å². The highest BCUT2D eigenvalue weighted by Crippen LogP contribution is 2.33. The van der Waals surface area contributed by atoms with Gasteiger partial charge in [-0.1, -0.05) is 18.2 Å². The molecule has 0 amide bonds. The van der Waals surface area contributed by atoms with Crippen molar-refractivity contribution in [2.45, 2.75) is 26.7 Å². The van der Waals surface area contributed by atoms with Crippen molar-refractivity contribution in [3.63, 3.8) is 0 Å². The fourth-order valence-electron chi connectivity index (χ4n) is 2.42. The van der Waals surface area contributed by atoms with Crippen LogP contribution in [0.3, 0.4) is 0 Å². The highest BCUT2D eigenvalue weighted by Gasteiger charge is 2.21. The third-order valence-corrected chi connectivity index (χ3v) is 3.64. The summed E-state index contributed by atoms with van der Waals surface area (Å²) in [6.45, 7) is 3.00. The van der Waals surface area contributed by atoms with Gasteiger partial charge in [0, 0.05) is 11.1 Å². The molecule has 2 rings (SSSR count). The Kier molecular flexibility index (Phi) is 6.17. The summed E-state index contributed by atoms with van der Waals surface area (Å²) < 4.78 is 74.2. The van der Waals surface area contributed by atoms with Gasteiger partial charge in [-0.2, -0.15) is 4.39 Å². The van der Waals surface area contributed by atoms with E-state index in [1.807, 2.05) is 0 Å². The number of benzene rings is 2. The monoisotopic (exact) mass is 356 g/mol. The van der Waals surface area contributed by atoms with E-state index >= 15 is 0 Å². The summed E-state index contributed by atoms with van der Waals surface area (Å²) in [6, 6.07) is 4.76. The number of ether oxygens (including phenoxy) is 1. The maximum atomic E-state index is 14.3. The number of aryl methyl sites for hydroxylation is 1. The van der Waals surface area contributed by atoms with Crippen molar-refractivity contribution >= 4 is 0 Å². The van der Waals surface area contributed by atoms with E-state index in [0.29, 0.717) is 0 Å². The van der Waals surface area contributed by atoms with Crippen LogP contribution < -0.4 is 4.74 Å². The highest BCUT2D eigenvalue weighted by atomic mass is 19.2. The Morgan fingerprint density at radius 3 is 2.12 bits per heavy atom. The minimum Gasteiger partial charge on any atom is -0.491 e. The Bertz CT molecular complexity index is 795. The zero-order valence-electron chi connectivity index (χ0n) is 13.8. The van der Waals surface area contributed by atoms with Crippen LogP contribution in [-0.2, 0) is 6.42 Å². The lowest BCUT2D eigenvalue weighted by molar-refractivity contribution is 0.314. The molecule has 0 radical (unpaired) electrons. The molecule has 134 valence electrons. The number of hydrogen-bond acceptors (Lipinski definition) is 1. The lowest BCUT2D eigenvalue weighted by Gasteiger charge is -2.11. The average molecular weight is 356 g/mol. The van der Waals surface area contributed by atoms with Gasteiger partial charge in [-0.3, -0.25) is 0 Å². The molecule has 0 fully saturated rings. The molecule has 1 nitrogen and oxygen atoms in total. The summed E-state index contributed by atoms with van der Waals surface area (Å²) in [6.07, 6.45) is 1.54. The van der Waals surface area contributed by atoms with Crippen molar-refractivity contribution < 1.29 is 26.7 Å². The van der Waals surface area contributed by atoms with Crippen molar-refractivity contribution in [2.75, 3.05) is 6.61 Å². The Morgan fingerprint density at radius 2 is 1.52 bits per heavy atom. The van der Waals surface area contributed by atoms with Crippen molar-refractivity contribution in [1.82, 2.24) is 0 Å². The Morgan fingerprint density at radius 1 is 0.920 bits per heavy atom. The molecule has 0 saturated heterocycles. The summed E-state index contributed by atoms with van der Waals surface area (Å²) in [5.41, 5.74) is -0.758. The van der Waals surface area contributed by atoms with E-state index in [1.165, 1.54) is 25.1 Å². The SMILES string of the molecule is CCOc1ccc(-c2ccc(CC/C=C(/C)F)c(F)c2F)c(F)c1F. The molecule has 2 aromatic carbocycles. The van der Waals surface area contributed by atoms with Crippen molar-refractivity contribution in [3.8, 4) is 16.9 Å². The summed E-state index contributed by atoms with van der Waals surface area (Å²) >= 11 is 0. The van der Waals surface area contributed by atoms with E-state index in [4.69, 9.17) is 4.74 Å². The van der Waals surface area contributed by atoms with Gasteiger partial charge in [0.05, 0.1) is 12.4 Å². The van der Waals surface area contributed by atoms with Crippen LogP contribution in [0.25, 0.3) is 11.1 Å². The first-order valence-electron chi connectivity index (χ1n) is 7.77. The van der Waals surface area contributed by atoms with Crippen LogP contribution in [-0.4, -0.2) is 6.61 Å². The molecule has 0 aliphatic carbocycles. The molecular formula is C19H17F5O. The number of hydrogen-bond donors (Lipinski definition) is 0. The van der Waals surface area contributed by atoms with E-state index in [9.17, 15) is 22.0 Å². The maximum Gasteiger partial charge on any atom is 0.201 e. The smallest absolute Gasteiger partial charge is 0.201 e. The van der Waals surface area contributed by atoms with Crippen LogP contribution in [0, 0.1) is 23.3 Å². The van der Waals surface area contributed by atoms with Gasteiger partial charge in [-0.05, 0) is 44.4 Å². The van der Waals surface area contributed by atoms with Crippen molar-refractivity contribution in [3.05, 3.63) is 65.0 Å². The number of halogens is 5. The summed E-state index contributed by atoms with van der Waals surface area (Å²) in [5.74, 6) is -5.71. The number of rotatable bonds is 6. The van der Waals surface area contributed by atoms with Crippen molar-refractivity contribution in [1.29, 1.82) is 0 Å². The molecule has 2 aromatic rings. The van der Waals surface area contributed by atoms with Gasteiger partial charge in [0.15, 0.2) is 23.2 Å². The van der Waals surface area contributed by atoms with Gasteiger partial charge < -0.3 is 4.74 Å². The third kappa shape index (κ3) is 4.18. The molecule has 0 atom stereocenters. The summed E-state index contributed by atoms with van der Waals surface area (Å²) in [4.78, 5) is 0. The van der Waals surface area contributed by atoms with Crippen molar-refractivity contribution in [2.24, 2.45) is 0 Å². The maximum absolute atomic E-state index is 14.3. The van der Waals surface area contributed by atoms with Gasteiger partial charge in [0.2, 0.25) is 5.82 Å². The minimum atomic E-state index is -1.31. The number of allylic oxidation sites excluding steroid dienone is 2. The van der Waals surface area contributed by atoms with E-state index < -0.39 is 40.2 Å². The largest absolute Gasteiger partial charge is 0.491 e. The fraction of sp³-hybridized carbons (Fsp3) is 0.263. The van der Waals surface area contributed by atoms with Crippen LogP contribution in [0.4, 0.5) is 22.0 Å². The summed E-state index contributed by atoms with van der Waals surface area (Å²) in [5, 5.41) is 0. The fourth-order valence-corrected chi connectivity index (χ4v) is 2.42. The molecule has 0 aromatic heterocycles. The molecule has 0 saturated carbocycles. The predicted molar refractivity (Wildman–Crippen MR) is 86.1 cm³/mol. The Labute approximate surface area is 142 Å². The van der Waals surface area contributed by atoms with Crippen LogP contribution in [0.2, 0.25) is 0 Å². The second-order valence-corrected chi connectivity index (χ2v) is 5.40. The van der Waals surface area contributed by atoms with Crippen LogP contribution in [0.15, 0.2) is 36.2 Å². The lowest BCUT2D eigenvalue weighted by atomic mass is 9.99. The first kappa shape index (κ1) is 19.0. The van der Waals surface area contributed by atoms with Gasteiger partial charge in [-0.25, -0.2) is 17.6 Å². The highest BCUT2D eigenvalue weighted by molar-refractivity contribution is 5.66. The van der Waals surface area contributed by atoms with E-state index in [2.05, 4.69) is 0 Å². The van der Waals surface area contributed by atoms with E-state index in [1.54, 1.807) is 6.92 Å². The first-order valence-corrected chi connectivity index (χ1v) is 7.77. The summed E-state index contributed by atoms with van der Waals surface area (Å²) in [7, 11) is 0. The average Bonchev–Trinajstić information content (AvgIpc) is 2.57. The molecule has 0 unspecified atom stereocenters. The van der Waals surface area contributed by atoms with Gasteiger partial charge in [0.1, 0.15) is 0 Å². The molecule has 6 heteroatoms. The third-order valence-electron chi connectivity index (χ3n) is 3.64. The Hall–Kier alpha value is -2.37. The standard InChI is InChI=1S/C19H17F5O/c1-3-25-15-10-9-14(18(23)19(15)24)13-8-7-12(16(21)17(13)22)6-4-5-11(2)20/h5,7-10H,3-4,6H2,1-2H3/b11-5-. The van der Waals surface area contributed by atoms with Gasteiger partial charge in [0.25, 0.3) is 0 Å². The van der Waals surface area contributed by atoms with Crippen LogP contribution >= 0.6 is 0 Å². The van der Waals surface area contributed by atoms with Crippen LogP contribution in [0.1, 0.15) is 25.8 Å². The molecule has 0 N–H and O–H groups in total. The lowest BCUT2D eigenvalue weighted by Crippen LogP contribution is -2.01. The second kappa shape index (κ2) is 8.14. The molecule has 0 aliphatic heterocycles. The van der Waals surface area contributed by atoms with Gasteiger partial charge >= 0.3 is 0 Å². The van der Waals surface area contributed by atoms with Gasteiger partial charge in [-0.15, -0.1) is 0 Å². The quantitative estimate of drug-likeness (QED) is 0.567. The molecule has 0 aliphatic rings. The zero-order chi connectivity index (χ0) is 18.6. The topological polar surface area (TPSA) is 9.23 Å². The molecular weight excluding hydrogens is 339 g/mol. The van der Waals surface area contributed by atoms with E-state index in [-0.39, 0.29) is 30.8 Å². The zero-order valence-corrected chi connectivity index (χ0v) is 13.8. The molecule has 0 bridgehead atoms. The van der Waals surface area contributed by atoms with Crippen LogP contribution in [0.5, 0.6) is 5.75 Å². The molecule has 25 heavy (non-hydrogen) atoms. The first-order chi connectivity index (χ1) is 11.9.